The summed E-state index contributed by atoms with van der Waals surface area (Å²) >= 11 is 5.96. The lowest BCUT2D eigenvalue weighted by atomic mass is 10.2. The molecule has 1 aromatic carbocycles. The third-order valence-corrected chi connectivity index (χ3v) is 5.54. The summed E-state index contributed by atoms with van der Waals surface area (Å²) < 4.78 is 1.26. The molecule has 1 unspecified atom stereocenters. The Morgan fingerprint density at radius 3 is 2.43 bits per heavy atom. The van der Waals surface area contributed by atoms with Crippen molar-refractivity contribution in [2.24, 2.45) is 0 Å². The maximum Gasteiger partial charge on any atom is 0.267 e. The smallest absolute Gasteiger partial charge is 0.267 e. The lowest BCUT2D eigenvalue weighted by molar-refractivity contribution is -0.135. The fourth-order valence-corrected chi connectivity index (χ4v) is 3.70. The van der Waals surface area contributed by atoms with E-state index in [0.717, 1.165) is 24.3 Å². The standard InChI is InChI=1S/C22H22ClN5O2/c1-16(28-21(29)9-8-20(25-28)17-3-2-10-24-15-17)22(30)27-13-11-26(12-14-27)19-6-4-18(23)5-7-19/h2-10,15-16H,11-14H2,1H3. The molecule has 0 N–H and O–H groups in total. The third-order valence-electron chi connectivity index (χ3n) is 5.29. The van der Waals surface area contributed by atoms with Crippen LogP contribution in [0.25, 0.3) is 11.3 Å². The molecule has 4 rings (SSSR count). The number of hydrogen-bond acceptors (Lipinski definition) is 5. The largest absolute Gasteiger partial charge is 0.368 e. The molecule has 1 aliphatic heterocycles. The van der Waals surface area contributed by atoms with E-state index in [1.165, 1.54) is 10.7 Å². The summed E-state index contributed by atoms with van der Waals surface area (Å²) in [5.74, 6) is -0.108. The molecule has 1 saturated heterocycles. The van der Waals surface area contributed by atoms with Crippen molar-refractivity contribution < 1.29 is 4.79 Å². The van der Waals surface area contributed by atoms with Gasteiger partial charge in [0.25, 0.3) is 5.56 Å². The fraction of sp³-hybridized carbons (Fsp3) is 0.273. The molecule has 154 valence electrons. The van der Waals surface area contributed by atoms with Crippen molar-refractivity contribution in [2.75, 3.05) is 31.1 Å². The number of carbonyl (C=O) groups is 1. The van der Waals surface area contributed by atoms with Gasteiger partial charge >= 0.3 is 0 Å². The number of benzene rings is 1. The van der Waals surface area contributed by atoms with Crippen LogP contribution >= 0.6 is 11.6 Å². The summed E-state index contributed by atoms with van der Waals surface area (Å²) in [6.45, 7) is 4.33. The second kappa shape index (κ2) is 8.67. The number of rotatable bonds is 4. The Hall–Kier alpha value is -3.19. The summed E-state index contributed by atoms with van der Waals surface area (Å²) in [5.41, 5.74) is 2.18. The van der Waals surface area contributed by atoms with Gasteiger partial charge in [-0.2, -0.15) is 5.10 Å². The second-order valence-electron chi connectivity index (χ2n) is 7.21. The van der Waals surface area contributed by atoms with Crippen LogP contribution < -0.4 is 10.5 Å². The van der Waals surface area contributed by atoms with E-state index in [0.29, 0.717) is 23.8 Å². The highest BCUT2D eigenvalue weighted by Gasteiger charge is 2.27. The third kappa shape index (κ3) is 4.21. The molecule has 3 aromatic rings. The van der Waals surface area contributed by atoms with Crippen molar-refractivity contribution in [3.05, 3.63) is 76.3 Å². The van der Waals surface area contributed by atoms with Gasteiger partial charge in [0.05, 0.1) is 5.69 Å². The van der Waals surface area contributed by atoms with Crippen LogP contribution in [-0.4, -0.2) is 51.8 Å². The normalized spacial score (nSPS) is 15.1. The van der Waals surface area contributed by atoms with E-state index in [9.17, 15) is 9.59 Å². The molecule has 0 radical (unpaired) electrons. The van der Waals surface area contributed by atoms with Crippen LogP contribution in [0.3, 0.4) is 0 Å². The van der Waals surface area contributed by atoms with Gasteiger partial charge in [0.2, 0.25) is 5.91 Å². The lowest BCUT2D eigenvalue weighted by Crippen LogP contribution is -2.51. The topological polar surface area (TPSA) is 71.3 Å². The van der Waals surface area contributed by atoms with E-state index in [-0.39, 0.29) is 11.5 Å². The van der Waals surface area contributed by atoms with Crippen molar-refractivity contribution >= 4 is 23.2 Å². The highest BCUT2D eigenvalue weighted by molar-refractivity contribution is 6.30. The molecule has 1 aliphatic rings. The zero-order valence-corrected chi connectivity index (χ0v) is 17.4. The molecule has 7 nitrogen and oxygen atoms in total. The predicted octanol–water partition coefficient (Wildman–Crippen LogP) is 2.87. The van der Waals surface area contributed by atoms with Crippen LogP contribution in [0.1, 0.15) is 13.0 Å². The minimum Gasteiger partial charge on any atom is -0.368 e. The Bertz CT molecular complexity index is 1080. The van der Waals surface area contributed by atoms with Crippen molar-refractivity contribution in [3.63, 3.8) is 0 Å². The minimum atomic E-state index is -0.684. The summed E-state index contributed by atoms with van der Waals surface area (Å²) in [4.78, 5) is 33.6. The SMILES string of the molecule is CC(C(=O)N1CCN(c2ccc(Cl)cc2)CC1)n1nc(-c2cccnc2)ccc1=O. The van der Waals surface area contributed by atoms with Crippen LogP contribution in [-0.2, 0) is 4.79 Å². The number of pyridine rings is 1. The lowest BCUT2D eigenvalue weighted by Gasteiger charge is -2.37. The van der Waals surface area contributed by atoms with Crippen molar-refractivity contribution in [2.45, 2.75) is 13.0 Å². The quantitative estimate of drug-likeness (QED) is 0.645. The van der Waals surface area contributed by atoms with Crippen molar-refractivity contribution in [1.29, 1.82) is 0 Å². The Kier molecular flexibility index (Phi) is 5.81. The average Bonchev–Trinajstić information content (AvgIpc) is 2.80. The molecule has 0 aliphatic carbocycles. The van der Waals surface area contributed by atoms with Gasteiger partial charge in [0.1, 0.15) is 6.04 Å². The van der Waals surface area contributed by atoms with Crippen molar-refractivity contribution in [1.82, 2.24) is 19.7 Å². The summed E-state index contributed by atoms with van der Waals surface area (Å²) in [6, 6.07) is 13.8. The minimum absolute atomic E-state index is 0.108. The number of amides is 1. The predicted molar refractivity (Wildman–Crippen MR) is 117 cm³/mol. The number of nitrogens with zero attached hydrogens (tertiary/aromatic N) is 5. The van der Waals surface area contributed by atoms with E-state index >= 15 is 0 Å². The zero-order chi connectivity index (χ0) is 21.1. The van der Waals surface area contributed by atoms with E-state index in [2.05, 4.69) is 15.0 Å². The van der Waals surface area contributed by atoms with Crippen LogP contribution in [0.4, 0.5) is 5.69 Å². The van der Waals surface area contributed by atoms with Crippen LogP contribution in [0.15, 0.2) is 65.7 Å². The maximum absolute atomic E-state index is 13.1. The van der Waals surface area contributed by atoms with E-state index in [1.54, 1.807) is 36.4 Å². The number of anilines is 1. The first-order valence-electron chi connectivity index (χ1n) is 9.82. The highest BCUT2D eigenvalue weighted by atomic mass is 35.5. The average molecular weight is 424 g/mol. The van der Waals surface area contributed by atoms with Gasteiger partial charge in [0, 0.05) is 60.9 Å². The van der Waals surface area contributed by atoms with E-state index < -0.39 is 6.04 Å². The second-order valence-corrected chi connectivity index (χ2v) is 7.64. The van der Waals surface area contributed by atoms with E-state index in [4.69, 9.17) is 11.6 Å². The monoisotopic (exact) mass is 423 g/mol. The van der Waals surface area contributed by atoms with Gasteiger partial charge < -0.3 is 9.80 Å². The summed E-state index contributed by atoms with van der Waals surface area (Å²) in [7, 11) is 0. The Labute approximate surface area is 179 Å². The first kappa shape index (κ1) is 20.1. The number of halogens is 1. The molecule has 0 spiro atoms. The first-order valence-corrected chi connectivity index (χ1v) is 10.2. The summed E-state index contributed by atoms with van der Waals surface area (Å²) in [5, 5.41) is 5.12. The Morgan fingerprint density at radius 1 is 1.03 bits per heavy atom. The molecule has 1 atom stereocenters. The number of hydrogen-bond donors (Lipinski definition) is 0. The van der Waals surface area contributed by atoms with Gasteiger partial charge in [-0.25, -0.2) is 4.68 Å². The Balaban J connectivity index is 1.46. The number of aromatic nitrogens is 3. The van der Waals surface area contributed by atoms with Gasteiger partial charge in [-0.1, -0.05) is 11.6 Å². The molecule has 3 heterocycles. The van der Waals surface area contributed by atoms with Crippen LogP contribution in [0.5, 0.6) is 0 Å². The van der Waals surface area contributed by atoms with E-state index in [1.807, 2.05) is 30.3 Å². The maximum atomic E-state index is 13.1. The molecule has 0 bridgehead atoms. The zero-order valence-electron chi connectivity index (χ0n) is 16.6. The number of piperazine rings is 1. The van der Waals surface area contributed by atoms with Crippen molar-refractivity contribution in [3.8, 4) is 11.3 Å². The van der Waals surface area contributed by atoms with Gasteiger partial charge in [-0.05, 0) is 49.4 Å². The molecule has 0 saturated carbocycles. The fourth-order valence-electron chi connectivity index (χ4n) is 3.58. The Morgan fingerprint density at radius 2 is 1.77 bits per heavy atom. The molecule has 1 amide bonds. The molecular weight excluding hydrogens is 402 g/mol. The molecule has 2 aromatic heterocycles. The molecule has 30 heavy (non-hydrogen) atoms. The van der Waals surface area contributed by atoms with Gasteiger partial charge in [-0.15, -0.1) is 0 Å². The van der Waals surface area contributed by atoms with Gasteiger partial charge in [-0.3, -0.25) is 14.6 Å². The highest BCUT2D eigenvalue weighted by Crippen LogP contribution is 2.21. The molecule has 8 heteroatoms. The molecule has 1 fully saturated rings. The van der Waals surface area contributed by atoms with Crippen LogP contribution in [0, 0.1) is 0 Å². The van der Waals surface area contributed by atoms with Gasteiger partial charge in [0.15, 0.2) is 0 Å². The molecular formula is C22H22ClN5O2. The van der Waals surface area contributed by atoms with Crippen LogP contribution in [0.2, 0.25) is 5.02 Å². The number of carbonyl (C=O) groups excluding carboxylic acids is 1. The summed E-state index contributed by atoms with van der Waals surface area (Å²) in [6.07, 6.45) is 3.36. The first-order chi connectivity index (χ1) is 14.5.